The Morgan fingerprint density at radius 1 is 1.69 bits per heavy atom. The molecule has 1 unspecified atom stereocenters. The standard InChI is InChI=1S/C6H9BrN2O2S2/c7-5-13(10,11)9-6(3-8)1-2-12-4-6/h9H,1-2,4-5H2. The van der Waals surface area contributed by atoms with E-state index in [9.17, 15) is 8.42 Å². The Hall–Kier alpha value is 0.230. The number of sulfonamides is 1. The molecule has 0 bridgehead atoms. The van der Waals surface area contributed by atoms with Gasteiger partial charge in [-0.1, -0.05) is 15.9 Å². The van der Waals surface area contributed by atoms with Crippen molar-refractivity contribution in [1.82, 2.24) is 4.72 Å². The van der Waals surface area contributed by atoms with Gasteiger partial charge >= 0.3 is 0 Å². The highest BCUT2D eigenvalue weighted by atomic mass is 79.9. The molecule has 0 aromatic heterocycles. The molecule has 4 nitrogen and oxygen atoms in total. The fourth-order valence-electron chi connectivity index (χ4n) is 1.08. The first-order chi connectivity index (χ1) is 6.04. The summed E-state index contributed by atoms with van der Waals surface area (Å²) < 4.78 is 24.7. The lowest BCUT2D eigenvalue weighted by Gasteiger charge is -2.19. The lowest BCUT2D eigenvalue weighted by molar-refractivity contribution is 0.518. The largest absolute Gasteiger partial charge is 0.223 e. The van der Waals surface area contributed by atoms with Gasteiger partial charge in [-0.05, 0) is 12.2 Å². The highest BCUT2D eigenvalue weighted by Crippen LogP contribution is 2.28. The Balaban J connectivity index is 2.77. The van der Waals surface area contributed by atoms with E-state index in [2.05, 4.69) is 20.7 Å². The van der Waals surface area contributed by atoms with Crippen LogP contribution in [-0.4, -0.2) is 30.1 Å². The summed E-state index contributed by atoms with van der Waals surface area (Å²) >= 11 is 4.46. The molecule has 1 N–H and O–H groups in total. The molecule has 0 aliphatic carbocycles. The monoisotopic (exact) mass is 284 g/mol. The molecular weight excluding hydrogens is 276 g/mol. The molecule has 1 aliphatic heterocycles. The van der Waals surface area contributed by atoms with Gasteiger partial charge in [-0.25, -0.2) is 8.42 Å². The summed E-state index contributed by atoms with van der Waals surface area (Å²) in [6, 6.07) is 2.04. The summed E-state index contributed by atoms with van der Waals surface area (Å²) in [5, 5.41) is 8.87. The van der Waals surface area contributed by atoms with Crippen LogP contribution < -0.4 is 4.72 Å². The summed E-state index contributed by atoms with van der Waals surface area (Å²) in [7, 11) is -3.34. The van der Waals surface area contributed by atoms with E-state index in [0.29, 0.717) is 12.2 Å². The molecule has 0 aromatic rings. The van der Waals surface area contributed by atoms with Gasteiger partial charge in [0, 0.05) is 5.75 Å². The number of halogens is 1. The van der Waals surface area contributed by atoms with E-state index < -0.39 is 15.6 Å². The van der Waals surface area contributed by atoms with E-state index in [-0.39, 0.29) is 4.66 Å². The number of hydrogen-bond acceptors (Lipinski definition) is 4. The Bertz CT molecular complexity index is 316. The first kappa shape index (κ1) is 11.3. The SMILES string of the molecule is N#CC1(NS(=O)(=O)CBr)CCSC1. The van der Waals surface area contributed by atoms with Crippen molar-refractivity contribution >= 4 is 37.7 Å². The van der Waals surface area contributed by atoms with Gasteiger partial charge in [0.15, 0.2) is 0 Å². The van der Waals surface area contributed by atoms with E-state index in [0.717, 1.165) is 5.75 Å². The summed E-state index contributed by atoms with van der Waals surface area (Å²) in [6.07, 6.45) is 0.584. The molecule has 1 saturated heterocycles. The van der Waals surface area contributed by atoms with E-state index >= 15 is 0 Å². The molecule has 74 valence electrons. The third kappa shape index (κ3) is 2.84. The van der Waals surface area contributed by atoms with Gasteiger partial charge in [0.1, 0.15) is 10.2 Å². The maximum atomic E-state index is 11.2. The van der Waals surface area contributed by atoms with Crippen LogP contribution in [0, 0.1) is 11.3 Å². The van der Waals surface area contributed by atoms with Crippen LogP contribution in [0.4, 0.5) is 0 Å². The molecule has 1 aliphatic rings. The summed E-state index contributed by atoms with van der Waals surface area (Å²) in [5.74, 6) is 1.37. The van der Waals surface area contributed by atoms with Gasteiger partial charge in [-0.2, -0.15) is 21.7 Å². The number of alkyl halides is 1. The van der Waals surface area contributed by atoms with E-state index in [1.54, 1.807) is 11.8 Å². The van der Waals surface area contributed by atoms with Crippen LogP contribution in [0.15, 0.2) is 0 Å². The van der Waals surface area contributed by atoms with Crippen molar-refractivity contribution in [2.75, 3.05) is 16.2 Å². The first-order valence-corrected chi connectivity index (χ1v) is 7.53. The van der Waals surface area contributed by atoms with E-state index in [1.165, 1.54) is 0 Å². The number of nitriles is 1. The Morgan fingerprint density at radius 2 is 2.38 bits per heavy atom. The number of thioether (sulfide) groups is 1. The molecule has 0 aromatic carbocycles. The predicted molar refractivity (Wildman–Crippen MR) is 56.1 cm³/mol. The smallest absolute Gasteiger partial charge is 0.211 e. The molecule has 1 fully saturated rings. The molecule has 13 heavy (non-hydrogen) atoms. The second kappa shape index (κ2) is 4.17. The zero-order valence-corrected chi connectivity index (χ0v) is 10.0. The number of rotatable bonds is 3. The third-order valence-corrected chi connectivity index (χ3v) is 5.72. The van der Waals surface area contributed by atoms with Crippen LogP contribution in [-0.2, 0) is 10.0 Å². The topological polar surface area (TPSA) is 70.0 Å². The summed E-state index contributed by atoms with van der Waals surface area (Å²) in [4.78, 5) is 0. The third-order valence-electron chi connectivity index (χ3n) is 1.73. The minimum atomic E-state index is -3.34. The lowest BCUT2D eigenvalue weighted by atomic mass is 10.0. The predicted octanol–water partition coefficient (Wildman–Crippen LogP) is 0.657. The number of hydrogen-bond donors (Lipinski definition) is 1. The van der Waals surface area contributed by atoms with Gasteiger partial charge in [0.2, 0.25) is 10.0 Å². The zero-order chi connectivity index (χ0) is 9.95. The van der Waals surface area contributed by atoms with Gasteiger partial charge in [-0.15, -0.1) is 0 Å². The maximum absolute atomic E-state index is 11.2. The first-order valence-electron chi connectivity index (χ1n) is 3.60. The van der Waals surface area contributed by atoms with Gasteiger partial charge in [-0.3, -0.25) is 0 Å². The second-order valence-electron chi connectivity index (χ2n) is 2.82. The molecule has 0 spiro atoms. The summed E-state index contributed by atoms with van der Waals surface area (Å²) in [6.45, 7) is 0. The Morgan fingerprint density at radius 3 is 2.77 bits per heavy atom. The van der Waals surface area contributed by atoms with Crippen LogP contribution in [0.3, 0.4) is 0 Å². The van der Waals surface area contributed by atoms with Crippen molar-refractivity contribution in [2.45, 2.75) is 12.0 Å². The molecule has 0 radical (unpaired) electrons. The maximum Gasteiger partial charge on any atom is 0.223 e. The van der Waals surface area contributed by atoms with Crippen molar-refractivity contribution in [3.63, 3.8) is 0 Å². The fourth-order valence-corrected chi connectivity index (χ4v) is 3.65. The minimum Gasteiger partial charge on any atom is -0.211 e. The van der Waals surface area contributed by atoms with Crippen LogP contribution >= 0.6 is 27.7 Å². The molecule has 1 rings (SSSR count). The van der Waals surface area contributed by atoms with Gasteiger partial charge in [0.25, 0.3) is 0 Å². The van der Waals surface area contributed by atoms with E-state index in [4.69, 9.17) is 5.26 Å². The Kier molecular flexibility index (Phi) is 3.63. The van der Waals surface area contributed by atoms with Crippen molar-refractivity contribution in [3.05, 3.63) is 0 Å². The Labute approximate surface area is 90.3 Å². The van der Waals surface area contributed by atoms with Gasteiger partial charge < -0.3 is 0 Å². The van der Waals surface area contributed by atoms with Crippen LogP contribution in [0.5, 0.6) is 0 Å². The molecule has 1 heterocycles. The van der Waals surface area contributed by atoms with Crippen LogP contribution in [0.2, 0.25) is 0 Å². The average Bonchev–Trinajstić information content (AvgIpc) is 2.53. The number of nitrogens with zero attached hydrogens (tertiary/aromatic N) is 1. The highest BCUT2D eigenvalue weighted by molar-refractivity contribution is 9.10. The van der Waals surface area contributed by atoms with Crippen LogP contribution in [0.25, 0.3) is 0 Å². The van der Waals surface area contributed by atoms with Crippen molar-refractivity contribution in [3.8, 4) is 6.07 Å². The quantitative estimate of drug-likeness (QED) is 0.773. The minimum absolute atomic E-state index is 0.159. The zero-order valence-electron chi connectivity index (χ0n) is 6.79. The fraction of sp³-hybridized carbons (Fsp3) is 0.833. The highest BCUT2D eigenvalue weighted by Gasteiger charge is 2.37. The molecule has 0 saturated carbocycles. The van der Waals surface area contributed by atoms with Gasteiger partial charge in [0.05, 0.1) is 6.07 Å². The van der Waals surface area contributed by atoms with Crippen molar-refractivity contribution < 1.29 is 8.42 Å². The second-order valence-corrected chi connectivity index (χ2v) is 6.95. The van der Waals surface area contributed by atoms with Crippen molar-refractivity contribution in [1.29, 1.82) is 5.26 Å². The van der Waals surface area contributed by atoms with Crippen LogP contribution in [0.1, 0.15) is 6.42 Å². The molecule has 0 amide bonds. The lowest BCUT2D eigenvalue weighted by Crippen LogP contribution is -2.47. The van der Waals surface area contributed by atoms with Crippen molar-refractivity contribution in [2.24, 2.45) is 0 Å². The molecular formula is C6H9BrN2O2S2. The summed E-state index contributed by atoms with van der Waals surface area (Å²) in [5.41, 5.74) is -0.878. The average molecular weight is 285 g/mol. The number of nitrogens with one attached hydrogen (secondary N) is 1. The molecule has 1 atom stereocenters. The normalized spacial score (nSPS) is 28.6. The molecule has 7 heteroatoms. The van der Waals surface area contributed by atoms with E-state index in [1.807, 2.05) is 6.07 Å².